The van der Waals surface area contributed by atoms with Crippen LogP contribution in [0.15, 0.2) is 0 Å². The first-order valence-corrected chi connectivity index (χ1v) is 6.78. The van der Waals surface area contributed by atoms with E-state index in [9.17, 15) is 4.79 Å². The smallest absolute Gasteiger partial charge is 0.224 e. The minimum atomic E-state index is 0.381. The predicted octanol–water partition coefficient (Wildman–Crippen LogP) is 1.53. The first-order chi connectivity index (χ1) is 7.72. The molecule has 0 bridgehead atoms. The summed E-state index contributed by atoms with van der Waals surface area (Å²) < 4.78 is 0. The Labute approximate surface area is 97.6 Å². The number of hydrogen-bond acceptors (Lipinski definition) is 2. The van der Waals surface area contributed by atoms with Crippen LogP contribution in [0.2, 0.25) is 0 Å². The molecule has 3 aliphatic rings. The highest BCUT2D eigenvalue weighted by Gasteiger charge is 2.40. The molecule has 0 aromatic heterocycles. The molecule has 3 heteroatoms. The SMILES string of the molecule is CC1CCC(NC2CC(=O)N(C3CC3)C2)C1. The standard InChI is InChI=1S/C13H22N2O/c1-9-2-3-10(6-9)14-11-7-13(16)15(8-11)12-4-5-12/h9-12,14H,2-8H2,1H3. The van der Waals surface area contributed by atoms with Crippen LogP contribution in [0.5, 0.6) is 0 Å². The molecule has 0 aromatic carbocycles. The third-order valence-corrected chi connectivity index (χ3v) is 4.31. The number of nitrogens with one attached hydrogen (secondary N) is 1. The van der Waals surface area contributed by atoms with Crippen molar-refractivity contribution in [1.82, 2.24) is 10.2 Å². The van der Waals surface area contributed by atoms with Crippen molar-refractivity contribution >= 4 is 5.91 Å². The van der Waals surface area contributed by atoms with Crippen LogP contribution in [0.25, 0.3) is 0 Å². The van der Waals surface area contributed by atoms with Crippen LogP contribution in [-0.4, -0.2) is 35.5 Å². The van der Waals surface area contributed by atoms with Crippen molar-refractivity contribution in [1.29, 1.82) is 0 Å². The average Bonchev–Trinajstić information content (AvgIpc) is 2.91. The van der Waals surface area contributed by atoms with E-state index in [4.69, 9.17) is 0 Å². The summed E-state index contributed by atoms with van der Waals surface area (Å²) in [6.07, 6.45) is 7.16. The van der Waals surface area contributed by atoms with Crippen molar-refractivity contribution in [3.8, 4) is 0 Å². The molecule has 1 amide bonds. The quantitative estimate of drug-likeness (QED) is 0.785. The second-order valence-corrected chi connectivity index (χ2v) is 5.96. The van der Waals surface area contributed by atoms with E-state index < -0.39 is 0 Å². The van der Waals surface area contributed by atoms with Crippen LogP contribution in [-0.2, 0) is 4.79 Å². The van der Waals surface area contributed by atoms with E-state index in [2.05, 4.69) is 17.1 Å². The summed E-state index contributed by atoms with van der Waals surface area (Å²) in [7, 11) is 0. The molecule has 2 saturated carbocycles. The van der Waals surface area contributed by atoms with Crippen LogP contribution in [0, 0.1) is 5.92 Å². The Balaban J connectivity index is 1.51. The topological polar surface area (TPSA) is 32.3 Å². The highest BCUT2D eigenvalue weighted by molar-refractivity contribution is 5.80. The van der Waals surface area contributed by atoms with E-state index in [0.29, 0.717) is 24.0 Å². The molecule has 0 radical (unpaired) electrons. The molecular formula is C13H22N2O. The molecule has 1 heterocycles. The lowest BCUT2D eigenvalue weighted by Gasteiger charge is -2.19. The normalized spacial score (nSPS) is 39.7. The van der Waals surface area contributed by atoms with E-state index in [1.165, 1.54) is 32.1 Å². The summed E-state index contributed by atoms with van der Waals surface area (Å²) in [5.74, 6) is 1.25. The van der Waals surface area contributed by atoms with Crippen LogP contribution in [0.4, 0.5) is 0 Å². The molecule has 3 fully saturated rings. The van der Waals surface area contributed by atoms with Crippen LogP contribution in [0.1, 0.15) is 45.4 Å². The lowest BCUT2D eigenvalue weighted by Crippen LogP contribution is -2.39. The number of carbonyl (C=O) groups excluding carboxylic acids is 1. The second-order valence-electron chi connectivity index (χ2n) is 5.96. The predicted molar refractivity (Wildman–Crippen MR) is 63.1 cm³/mol. The van der Waals surface area contributed by atoms with Crippen molar-refractivity contribution in [3.63, 3.8) is 0 Å². The third kappa shape index (κ3) is 2.10. The van der Waals surface area contributed by atoms with Crippen molar-refractivity contribution < 1.29 is 4.79 Å². The summed E-state index contributed by atoms with van der Waals surface area (Å²) in [4.78, 5) is 13.9. The highest BCUT2D eigenvalue weighted by Crippen LogP contribution is 2.31. The fourth-order valence-electron chi connectivity index (χ4n) is 3.27. The number of likely N-dealkylation sites (tertiary alicyclic amines) is 1. The summed E-state index contributed by atoms with van der Waals surface area (Å²) in [5, 5.41) is 3.69. The van der Waals surface area contributed by atoms with Gasteiger partial charge in [0.1, 0.15) is 0 Å². The van der Waals surface area contributed by atoms with Crippen LogP contribution < -0.4 is 5.32 Å². The first-order valence-electron chi connectivity index (χ1n) is 6.78. The van der Waals surface area contributed by atoms with Crippen molar-refractivity contribution in [2.24, 2.45) is 5.92 Å². The monoisotopic (exact) mass is 222 g/mol. The summed E-state index contributed by atoms with van der Waals surface area (Å²) in [6.45, 7) is 3.30. The minimum Gasteiger partial charge on any atom is -0.338 e. The maximum atomic E-state index is 11.8. The molecule has 3 unspecified atom stereocenters. The number of nitrogens with zero attached hydrogens (tertiary/aromatic N) is 1. The van der Waals surface area contributed by atoms with Crippen molar-refractivity contribution in [2.45, 2.75) is 63.6 Å². The van der Waals surface area contributed by atoms with Gasteiger partial charge in [0.05, 0.1) is 0 Å². The fourth-order valence-corrected chi connectivity index (χ4v) is 3.27. The van der Waals surface area contributed by atoms with Crippen LogP contribution in [0.3, 0.4) is 0 Å². The highest BCUT2D eigenvalue weighted by atomic mass is 16.2. The van der Waals surface area contributed by atoms with Crippen molar-refractivity contribution in [3.05, 3.63) is 0 Å². The summed E-state index contributed by atoms with van der Waals surface area (Å²) in [5.41, 5.74) is 0. The molecule has 0 spiro atoms. The molecule has 1 aliphatic heterocycles. The van der Waals surface area contributed by atoms with Gasteiger partial charge in [-0.3, -0.25) is 4.79 Å². The molecular weight excluding hydrogens is 200 g/mol. The number of hydrogen-bond donors (Lipinski definition) is 1. The molecule has 0 aromatic rings. The Morgan fingerprint density at radius 3 is 2.62 bits per heavy atom. The molecule has 2 aliphatic carbocycles. The summed E-state index contributed by atoms with van der Waals surface area (Å²) in [6, 6.07) is 1.71. The third-order valence-electron chi connectivity index (χ3n) is 4.31. The van der Waals surface area contributed by atoms with E-state index in [1.54, 1.807) is 0 Å². The lowest BCUT2D eigenvalue weighted by molar-refractivity contribution is -0.128. The molecule has 3 rings (SSSR count). The minimum absolute atomic E-state index is 0.381. The fraction of sp³-hybridized carbons (Fsp3) is 0.923. The number of rotatable bonds is 3. The molecule has 16 heavy (non-hydrogen) atoms. The lowest BCUT2D eigenvalue weighted by atomic mass is 10.1. The van der Waals surface area contributed by atoms with Gasteiger partial charge in [0.25, 0.3) is 0 Å². The van der Waals surface area contributed by atoms with Gasteiger partial charge in [-0.05, 0) is 38.0 Å². The van der Waals surface area contributed by atoms with Gasteiger partial charge in [-0.1, -0.05) is 6.92 Å². The van der Waals surface area contributed by atoms with Gasteiger partial charge in [-0.25, -0.2) is 0 Å². The van der Waals surface area contributed by atoms with Gasteiger partial charge in [-0.2, -0.15) is 0 Å². The zero-order chi connectivity index (χ0) is 11.1. The van der Waals surface area contributed by atoms with Gasteiger partial charge in [0, 0.05) is 31.1 Å². The van der Waals surface area contributed by atoms with Gasteiger partial charge in [0.15, 0.2) is 0 Å². The zero-order valence-corrected chi connectivity index (χ0v) is 10.1. The Bertz CT molecular complexity index is 288. The maximum absolute atomic E-state index is 11.8. The second kappa shape index (κ2) is 4.02. The van der Waals surface area contributed by atoms with E-state index in [1.807, 2.05) is 0 Å². The Morgan fingerprint density at radius 2 is 2.00 bits per heavy atom. The largest absolute Gasteiger partial charge is 0.338 e. The average molecular weight is 222 g/mol. The van der Waals surface area contributed by atoms with E-state index in [-0.39, 0.29) is 0 Å². The molecule has 1 N–H and O–H groups in total. The maximum Gasteiger partial charge on any atom is 0.224 e. The Hall–Kier alpha value is -0.570. The molecule has 90 valence electrons. The number of carbonyl (C=O) groups is 1. The first kappa shape index (κ1) is 10.6. The summed E-state index contributed by atoms with van der Waals surface area (Å²) >= 11 is 0. The molecule has 3 nitrogen and oxygen atoms in total. The Morgan fingerprint density at radius 1 is 1.19 bits per heavy atom. The van der Waals surface area contributed by atoms with E-state index >= 15 is 0 Å². The van der Waals surface area contributed by atoms with Gasteiger partial charge in [-0.15, -0.1) is 0 Å². The van der Waals surface area contributed by atoms with Crippen molar-refractivity contribution in [2.75, 3.05) is 6.54 Å². The Kier molecular flexibility index (Phi) is 2.66. The zero-order valence-electron chi connectivity index (χ0n) is 10.1. The molecule has 3 atom stereocenters. The van der Waals surface area contributed by atoms with E-state index in [0.717, 1.165) is 18.9 Å². The van der Waals surface area contributed by atoms with Gasteiger partial charge >= 0.3 is 0 Å². The van der Waals surface area contributed by atoms with Gasteiger partial charge in [0.2, 0.25) is 5.91 Å². The van der Waals surface area contributed by atoms with Crippen LogP contribution >= 0.6 is 0 Å². The van der Waals surface area contributed by atoms with Gasteiger partial charge < -0.3 is 10.2 Å². The molecule has 1 saturated heterocycles. The number of amides is 1.